The first-order valence-corrected chi connectivity index (χ1v) is 9.88. The maximum atomic E-state index is 12.1. The van der Waals surface area contributed by atoms with Crippen LogP contribution in [0.3, 0.4) is 0 Å². The van der Waals surface area contributed by atoms with Crippen molar-refractivity contribution in [1.82, 2.24) is 10.3 Å². The van der Waals surface area contributed by atoms with Gasteiger partial charge in [0.2, 0.25) is 0 Å². The molecule has 2 heterocycles. The van der Waals surface area contributed by atoms with E-state index in [1.165, 1.54) is 0 Å². The summed E-state index contributed by atoms with van der Waals surface area (Å²) in [5.74, 6) is -0.940. The molecule has 1 aliphatic rings. The predicted molar refractivity (Wildman–Crippen MR) is 114 cm³/mol. The molecule has 0 unspecified atom stereocenters. The van der Waals surface area contributed by atoms with Crippen molar-refractivity contribution in [3.05, 3.63) is 35.1 Å². The molecule has 1 aromatic heterocycles. The van der Waals surface area contributed by atoms with Gasteiger partial charge in [0.15, 0.2) is 0 Å². The first kappa shape index (κ1) is 23.9. The summed E-state index contributed by atoms with van der Waals surface area (Å²) >= 11 is 0. The van der Waals surface area contributed by atoms with Crippen molar-refractivity contribution in [3.63, 3.8) is 0 Å². The lowest BCUT2D eigenvalue weighted by Gasteiger charge is -2.32. The molecule has 30 heavy (non-hydrogen) atoms. The minimum absolute atomic E-state index is 0.145. The predicted octanol–water partition coefficient (Wildman–Crippen LogP) is 3.25. The Balaban J connectivity index is 2.24. The molecule has 0 spiro atoms. The molecular formula is C21H31BN2O6. The standard InChI is InChI=1S/C21H31BN2O6/c1-19(2,3)28-18(27)24-13-15(22-29-20(4,5)21(6,7)30-22)10-14-8-9-16(23-12-14)11-17(25)26/h8-10,12H,11,13H2,1-7H3,(H,24,27)(H,25,26). The van der Waals surface area contributed by atoms with Crippen molar-refractivity contribution in [1.29, 1.82) is 0 Å². The van der Waals surface area contributed by atoms with Crippen LogP contribution in [-0.2, 0) is 25.3 Å². The summed E-state index contributed by atoms with van der Waals surface area (Å²) in [6.07, 6.45) is 2.71. The van der Waals surface area contributed by atoms with E-state index in [0.29, 0.717) is 11.2 Å². The van der Waals surface area contributed by atoms with Crippen LogP contribution < -0.4 is 5.32 Å². The number of amides is 1. The number of pyridine rings is 1. The highest BCUT2D eigenvalue weighted by Gasteiger charge is 2.52. The van der Waals surface area contributed by atoms with Gasteiger partial charge in [-0.2, -0.15) is 0 Å². The molecule has 0 aliphatic carbocycles. The molecule has 8 nitrogen and oxygen atoms in total. The number of carbonyl (C=O) groups excluding carboxylic acids is 1. The number of aromatic nitrogens is 1. The number of hydrogen-bond donors (Lipinski definition) is 2. The topological polar surface area (TPSA) is 107 Å². The van der Waals surface area contributed by atoms with Gasteiger partial charge < -0.3 is 24.5 Å². The van der Waals surface area contributed by atoms with Crippen LogP contribution in [0.25, 0.3) is 6.08 Å². The van der Waals surface area contributed by atoms with E-state index in [0.717, 1.165) is 5.56 Å². The highest BCUT2D eigenvalue weighted by Crippen LogP contribution is 2.38. The van der Waals surface area contributed by atoms with Crippen molar-refractivity contribution in [2.75, 3.05) is 6.54 Å². The van der Waals surface area contributed by atoms with Gasteiger partial charge in [-0.05, 0) is 65.6 Å². The van der Waals surface area contributed by atoms with Crippen LogP contribution in [0, 0.1) is 0 Å². The third-order valence-corrected chi connectivity index (χ3v) is 4.92. The molecular weight excluding hydrogens is 387 g/mol. The summed E-state index contributed by atoms with van der Waals surface area (Å²) < 4.78 is 17.6. The minimum Gasteiger partial charge on any atom is -0.481 e. The number of aliphatic carboxylic acids is 1. The third-order valence-electron chi connectivity index (χ3n) is 4.92. The number of alkyl carbamates (subject to hydrolysis) is 1. The average Bonchev–Trinajstić information content (AvgIpc) is 2.78. The molecule has 0 bridgehead atoms. The lowest BCUT2D eigenvalue weighted by molar-refractivity contribution is -0.136. The van der Waals surface area contributed by atoms with Gasteiger partial charge in [-0.15, -0.1) is 0 Å². The van der Waals surface area contributed by atoms with Gasteiger partial charge in [0.05, 0.1) is 23.3 Å². The smallest absolute Gasteiger partial charge is 0.481 e. The van der Waals surface area contributed by atoms with Crippen LogP contribution in [0.4, 0.5) is 4.79 Å². The van der Waals surface area contributed by atoms with Crippen LogP contribution in [-0.4, -0.2) is 52.6 Å². The number of carboxylic acid groups (broad SMARTS) is 1. The van der Waals surface area contributed by atoms with Crippen molar-refractivity contribution in [2.24, 2.45) is 0 Å². The molecule has 1 aromatic rings. The molecule has 0 atom stereocenters. The monoisotopic (exact) mass is 418 g/mol. The van der Waals surface area contributed by atoms with E-state index < -0.39 is 36.0 Å². The Morgan fingerprint density at radius 2 is 1.80 bits per heavy atom. The molecule has 9 heteroatoms. The van der Waals surface area contributed by atoms with E-state index in [1.54, 1.807) is 39.1 Å². The van der Waals surface area contributed by atoms with Crippen LogP contribution in [0.2, 0.25) is 0 Å². The highest BCUT2D eigenvalue weighted by molar-refractivity contribution is 6.56. The number of nitrogens with one attached hydrogen (secondary N) is 1. The van der Waals surface area contributed by atoms with E-state index in [-0.39, 0.29) is 13.0 Å². The van der Waals surface area contributed by atoms with E-state index >= 15 is 0 Å². The average molecular weight is 418 g/mol. The number of rotatable bonds is 6. The Bertz CT molecular complexity index is 796. The third kappa shape index (κ3) is 6.57. The summed E-state index contributed by atoms with van der Waals surface area (Å²) in [5.41, 5.74) is 0.205. The van der Waals surface area contributed by atoms with Gasteiger partial charge in [-0.25, -0.2) is 4.79 Å². The maximum Gasteiger partial charge on any atom is 0.492 e. The second-order valence-electron chi connectivity index (χ2n) is 9.32. The first-order chi connectivity index (χ1) is 13.7. The largest absolute Gasteiger partial charge is 0.492 e. The Kier molecular flexibility index (Phi) is 6.99. The number of carbonyl (C=O) groups is 2. The zero-order valence-corrected chi connectivity index (χ0v) is 18.7. The van der Waals surface area contributed by atoms with E-state index in [1.807, 2.05) is 33.8 Å². The number of nitrogens with zero attached hydrogens (tertiary/aromatic N) is 1. The quantitative estimate of drug-likeness (QED) is 0.683. The zero-order chi connectivity index (χ0) is 22.7. The van der Waals surface area contributed by atoms with Crippen LogP contribution in [0.1, 0.15) is 59.7 Å². The molecule has 2 N–H and O–H groups in total. The number of carboxylic acids is 1. The summed E-state index contributed by atoms with van der Waals surface area (Å²) in [7, 11) is -0.663. The SMILES string of the molecule is CC(C)(C)OC(=O)NCC(=Cc1ccc(CC(=O)O)nc1)B1OC(C)(C)C(C)(C)O1. The fourth-order valence-electron chi connectivity index (χ4n) is 2.68. The van der Waals surface area contributed by atoms with Crippen molar-refractivity contribution in [3.8, 4) is 0 Å². The van der Waals surface area contributed by atoms with Crippen LogP contribution in [0.15, 0.2) is 23.8 Å². The molecule has 0 saturated carbocycles. The summed E-state index contributed by atoms with van der Waals surface area (Å²) in [5, 5.41) is 11.6. The van der Waals surface area contributed by atoms with Crippen molar-refractivity contribution in [2.45, 2.75) is 71.7 Å². The van der Waals surface area contributed by atoms with Crippen LogP contribution in [0.5, 0.6) is 0 Å². The number of ether oxygens (including phenoxy) is 1. The second kappa shape index (κ2) is 8.77. The van der Waals surface area contributed by atoms with E-state index in [9.17, 15) is 9.59 Å². The zero-order valence-electron chi connectivity index (χ0n) is 18.7. The van der Waals surface area contributed by atoms with Crippen LogP contribution >= 0.6 is 0 Å². The molecule has 2 rings (SSSR count). The Morgan fingerprint density at radius 3 is 2.27 bits per heavy atom. The molecule has 0 radical (unpaired) electrons. The summed E-state index contributed by atoms with van der Waals surface area (Å²) in [6, 6.07) is 3.42. The summed E-state index contributed by atoms with van der Waals surface area (Å²) in [4.78, 5) is 27.1. The maximum absolute atomic E-state index is 12.1. The molecule has 1 saturated heterocycles. The highest BCUT2D eigenvalue weighted by atomic mass is 16.7. The lowest BCUT2D eigenvalue weighted by Crippen LogP contribution is -2.41. The fourth-order valence-corrected chi connectivity index (χ4v) is 2.68. The first-order valence-electron chi connectivity index (χ1n) is 9.88. The molecule has 1 aliphatic heterocycles. The lowest BCUT2D eigenvalue weighted by atomic mass is 9.77. The van der Waals surface area contributed by atoms with E-state index in [2.05, 4.69) is 10.3 Å². The normalized spacial score (nSPS) is 18.2. The molecule has 0 aromatic carbocycles. The fraction of sp³-hybridized carbons (Fsp3) is 0.571. The summed E-state index contributed by atoms with van der Waals surface area (Å²) in [6.45, 7) is 13.3. The Labute approximate surface area is 178 Å². The van der Waals surface area contributed by atoms with Crippen molar-refractivity contribution >= 4 is 25.3 Å². The van der Waals surface area contributed by atoms with Gasteiger partial charge >= 0.3 is 19.2 Å². The van der Waals surface area contributed by atoms with Gasteiger partial charge in [-0.3, -0.25) is 9.78 Å². The van der Waals surface area contributed by atoms with E-state index in [4.69, 9.17) is 19.2 Å². The molecule has 1 fully saturated rings. The van der Waals surface area contributed by atoms with Gasteiger partial charge in [-0.1, -0.05) is 12.1 Å². The second-order valence-corrected chi connectivity index (χ2v) is 9.32. The number of hydrogen-bond acceptors (Lipinski definition) is 6. The Morgan fingerprint density at radius 1 is 1.20 bits per heavy atom. The Hall–Kier alpha value is -2.39. The van der Waals surface area contributed by atoms with Gasteiger partial charge in [0, 0.05) is 12.7 Å². The van der Waals surface area contributed by atoms with Gasteiger partial charge in [0.1, 0.15) is 5.60 Å². The molecule has 1 amide bonds. The minimum atomic E-state index is -0.940. The van der Waals surface area contributed by atoms with Gasteiger partial charge in [0.25, 0.3) is 0 Å². The van der Waals surface area contributed by atoms with Crippen molar-refractivity contribution < 1.29 is 28.7 Å². The molecule has 164 valence electrons.